The molecule has 2 rings (SSSR count). The summed E-state index contributed by atoms with van der Waals surface area (Å²) in [4.78, 5) is 0. The Morgan fingerprint density at radius 2 is 1.93 bits per heavy atom. The van der Waals surface area contributed by atoms with E-state index < -0.39 is 0 Å². The minimum atomic E-state index is 0.192. The van der Waals surface area contributed by atoms with Gasteiger partial charge in [-0.15, -0.1) is 0 Å². The zero-order chi connectivity index (χ0) is 9.97. The molecule has 0 aromatic heterocycles. The van der Waals surface area contributed by atoms with Gasteiger partial charge in [0.15, 0.2) is 0 Å². The summed E-state index contributed by atoms with van der Waals surface area (Å²) in [5.74, 6) is 0. The van der Waals surface area contributed by atoms with Crippen LogP contribution >= 0.6 is 15.9 Å². The van der Waals surface area contributed by atoms with Crippen molar-refractivity contribution in [1.82, 2.24) is 5.06 Å². The Morgan fingerprint density at radius 3 is 2.57 bits per heavy atom. The largest absolute Gasteiger partial charge is 0.313 e. The molecule has 1 aromatic carbocycles. The van der Waals surface area contributed by atoms with Gasteiger partial charge in [-0.2, -0.15) is 5.06 Å². The summed E-state index contributed by atoms with van der Waals surface area (Å²) in [7, 11) is 0. The van der Waals surface area contributed by atoms with Crippen LogP contribution < -0.4 is 0 Å². The van der Waals surface area contributed by atoms with Crippen LogP contribution in [-0.4, -0.2) is 16.8 Å². The molecule has 0 saturated carbocycles. The summed E-state index contributed by atoms with van der Waals surface area (Å²) >= 11 is 3.41. The van der Waals surface area contributed by atoms with Gasteiger partial charge < -0.3 is 5.21 Å². The second kappa shape index (κ2) is 4.43. The predicted octanol–water partition coefficient (Wildman–Crippen LogP) is 3.37. The number of nitrogens with zero attached hydrogens (tertiary/aromatic N) is 1. The van der Waals surface area contributed by atoms with E-state index in [4.69, 9.17) is 0 Å². The second-order valence-corrected chi connectivity index (χ2v) is 4.64. The molecule has 0 spiro atoms. The molecule has 0 bridgehead atoms. The Balaban J connectivity index is 2.16. The van der Waals surface area contributed by atoms with Gasteiger partial charge in [0.1, 0.15) is 0 Å². The zero-order valence-electron chi connectivity index (χ0n) is 7.99. The van der Waals surface area contributed by atoms with Crippen LogP contribution in [0, 0.1) is 0 Å². The number of benzene rings is 1. The molecule has 1 aliphatic heterocycles. The van der Waals surface area contributed by atoms with Crippen molar-refractivity contribution in [3.8, 4) is 0 Å². The molecule has 1 atom stereocenters. The van der Waals surface area contributed by atoms with Crippen LogP contribution in [-0.2, 0) is 0 Å². The minimum Gasteiger partial charge on any atom is -0.313 e. The van der Waals surface area contributed by atoms with Gasteiger partial charge in [0.25, 0.3) is 0 Å². The first-order chi connectivity index (χ1) is 6.77. The van der Waals surface area contributed by atoms with E-state index in [-0.39, 0.29) is 6.04 Å². The molecule has 1 heterocycles. The molecule has 2 nitrogen and oxygen atoms in total. The van der Waals surface area contributed by atoms with Crippen LogP contribution in [0.15, 0.2) is 28.7 Å². The SMILES string of the molecule is ON1CCCCC1c1ccc(Br)cc1. The molecule has 1 fully saturated rings. The van der Waals surface area contributed by atoms with E-state index in [9.17, 15) is 5.21 Å². The first-order valence-corrected chi connectivity index (χ1v) is 5.77. The Labute approximate surface area is 92.6 Å². The molecule has 1 N–H and O–H groups in total. The van der Waals surface area contributed by atoms with E-state index in [0.29, 0.717) is 0 Å². The van der Waals surface area contributed by atoms with E-state index in [2.05, 4.69) is 28.1 Å². The van der Waals surface area contributed by atoms with Crippen LogP contribution in [0.5, 0.6) is 0 Å². The number of piperidine rings is 1. The monoisotopic (exact) mass is 255 g/mol. The summed E-state index contributed by atoms with van der Waals surface area (Å²) in [5.41, 5.74) is 1.20. The Bertz CT molecular complexity index is 299. The molecular weight excluding hydrogens is 242 g/mol. The third-order valence-electron chi connectivity index (χ3n) is 2.73. The van der Waals surface area contributed by atoms with Gasteiger partial charge in [-0.25, -0.2) is 0 Å². The van der Waals surface area contributed by atoms with Crippen LogP contribution in [0.3, 0.4) is 0 Å². The molecule has 0 radical (unpaired) electrons. The van der Waals surface area contributed by atoms with Crippen molar-refractivity contribution in [2.75, 3.05) is 6.54 Å². The number of rotatable bonds is 1. The van der Waals surface area contributed by atoms with Crippen molar-refractivity contribution in [2.45, 2.75) is 25.3 Å². The molecule has 0 amide bonds. The second-order valence-electron chi connectivity index (χ2n) is 3.73. The highest BCUT2D eigenvalue weighted by Gasteiger charge is 2.21. The Hall–Kier alpha value is -0.380. The van der Waals surface area contributed by atoms with Gasteiger partial charge in [-0.3, -0.25) is 0 Å². The van der Waals surface area contributed by atoms with E-state index in [1.165, 1.54) is 17.0 Å². The summed E-state index contributed by atoms with van der Waals surface area (Å²) in [5, 5.41) is 11.2. The fourth-order valence-corrected chi connectivity index (χ4v) is 2.20. The van der Waals surface area contributed by atoms with E-state index in [1.54, 1.807) is 0 Å². The topological polar surface area (TPSA) is 23.5 Å². The fraction of sp³-hybridized carbons (Fsp3) is 0.455. The van der Waals surface area contributed by atoms with Gasteiger partial charge in [-0.1, -0.05) is 34.5 Å². The van der Waals surface area contributed by atoms with Crippen LogP contribution in [0.2, 0.25) is 0 Å². The first-order valence-electron chi connectivity index (χ1n) is 4.98. The molecule has 0 aliphatic carbocycles. The smallest absolute Gasteiger partial charge is 0.0599 e. The normalized spacial score (nSPS) is 23.7. The van der Waals surface area contributed by atoms with Crippen molar-refractivity contribution in [3.63, 3.8) is 0 Å². The van der Waals surface area contributed by atoms with Gasteiger partial charge >= 0.3 is 0 Å². The molecule has 1 unspecified atom stereocenters. The van der Waals surface area contributed by atoms with E-state index >= 15 is 0 Å². The summed E-state index contributed by atoms with van der Waals surface area (Å²) in [6.07, 6.45) is 3.36. The maximum absolute atomic E-state index is 9.71. The summed E-state index contributed by atoms with van der Waals surface area (Å²) in [6, 6.07) is 8.39. The zero-order valence-corrected chi connectivity index (χ0v) is 9.57. The number of halogens is 1. The highest BCUT2D eigenvalue weighted by atomic mass is 79.9. The van der Waals surface area contributed by atoms with Gasteiger partial charge in [0.2, 0.25) is 0 Å². The van der Waals surface area contributed by atoms with Gasteiger partial charge in [0.05, 0.1) is 6.04 Å². The minimum absolute atomic E-state index is 0.192. The molecule has 14 heavy (non-hydrogen) atoms. The lowest BCUT2D eigenvalue weighted by molar-refractivity contribution is -0.143. The van der Waals surface area contributed by atoms with Gasteiger partial charge in [0, 0.05) is 11.0 Å². The molecule has 1 saturated heterocycles. The number of hydrogen-bond acceptors (Lipinski definition) is 2. The lowest BCUT2D eigenvalue weighted by atomic mass is 9.97. The molecule has 1 aromatic rings. The van der Waals surface area contributed by atoms with Crippen LogP contribution in [0.1, 0.15) is 30.9 Å². The lowest BCUT2D eigenvalue weighted by Crippen LogP contribution is -2.30. The number of hydrogen-bond donors (Lipinski definition) is 1. The average molecular weight is 256 g/mol. The molecule has 76 valence electrons. The first kappa shape index (κ1) is 10.1. The predicted molar refractivity (Wildman–Crippen MR) is 59.2 cm³/mol. The maximum atomic E-state index is 9.71. The third kappa shape index (κ3) is 2.16. The van der Waals surface area contributed by atoms with Crippen molar-refractivity contribution >= 4 is 15.9 Å². The molecule has 1 aliphatic rings. The van der Waals surface area contributed by atoms with Crippen LogP contribution in [0.25, 0.3) is 0 Å². The van der Waals surface area contributed by atoms with Crippen LogP contribution in [0.4, 0.5) is 0 Å². The van der Waals surface area contributed by atoms with Crippen molar-refractivity contribution in [2.24, 2.45) is 0 Å². The maximum Gasteiger partial charge on any atom is 0.0599 e. The summed E-state index contributed by atoms with van der Waals surface area (Å²) < 4.78 is 1.08. The molecular formula is C11H14BrNO. The Kier molecular flexibility index (Phi) is 3.21. The Morgan fingerprint density at radius 1 is 1.21 bits per heavy atom. The van der Waals surface area contributed by atoms with Crippen molar-refractivity contribution in [1.29, 1.82) is 0 Å². The summed E-state index contributed by atoms with van der Waals surface area (Å²) in [6.45, 7) is 0.792. The highest BCUT2D eigenvalue weighted by Crippen LogP contribution is 2.29. The lowest BCUT2D eigenvalue weighted by Gasteiger charge is -2.30. The number of hydroxylamine groups is 2. The van der Waals surface area contributed by atoms with E-state index in [0.717, 1.165) is 23.9 Å². The van der Waals surface area contributed by atoms with Gasteiger partial charge in [-0.05, 0) is 30.5 Å². The molecule has 3 heteroatoms. The third-order valence-corrected chi connectivity index (χ3v) is 3.26. The van der Waals surface area contributed by atoms with Crippen molar-refractivity contribution in [3.05, 3.63) is 34.3 Å². The average Bonchev–Trinajstić information content (AvgIpc) is 2.20. The quantitative estimate of drug-likeness (QED) is 0.832. The van der Waals surface area contributed by atoms with Crippen molar-refractivity contribution < 1.29 is 5.21 Å². The van der Waals surface area contributed by atoms with E-state index in [1.807, 2.05) is 12.1 Å². The fourth-order valence-electron chi connectivity index (χ4n) is 1.94. The standard InChI is InChI=1S/C11H14BrNO/c12-10-6-4-9(5-7-10)11-3-1-2-8-13(11)14/h4-7,11,14H,1-3,8H2. The highest BCUT2D eigenvalue weighted by molar-refractivity contribution is 9.10.